The van der Waals surface area contributed by atoms with Crippen molar-refractivity contribution < 1.29 is 140 Å². The Hall–Kier alpha value is 18.0. The van der Waals surface area contributed by atoms with Gasteiger partial charge >= 0.3 is 645 Å². The predicted molar refractivity (Wildman–Crippen MR) is 249 cm³/mol. The van der Waals surface area contributed by atoms with E-state index in [4.69, 9.17) is 140 Å². The van der Waals surface area contributed by atoms with E-state index < -0.39 is 83.2 Å². The van der Waals surface area contributed by atoms with Crippen LogP contribution in [0.3, 0.4) is 0 Å². The topological polar surface area (TPSA) is 597 Å². The third-order valence-corrected chi connectivity index (χ3v) is 0. The number of hydrogen-bond donors (Lipinski definition) is 16. The fourth-order valence-corrected chi connectivity index (χ4v) is 0. The molecule has 0 saturated heterocycles. The van der Waals surface area contributed by atoms with Crippen molar-refractivity contribution in [3.8, 4) is 0 Å². The molecule has 0 aromatic rings. The summed E-state index contributed by atoms with van der Waals surface area (Å²) in [5.74, 6) is 0. The van der Waals surface area contributed by atoms with Crippen LogP contribution in [0.15, 0.2) is 0 Å². The van der Waals surface area contributed by atoms with Gasteiger partial charge in [0.1, 0.15) is 0 Å². The molecule has 0 amide bonds. The van der Waals surface area contributed by atoms with Crippen LogP contribution in [0.4, 0.5) is 0 Å². The molecule has 59 heavy (non-hydrogen) atoms. The van der Waals surface area contributed by atoms with Crippen LogP contribution < -0.4 is 0 Å². The standard InChI is InChI=1S/19Na.8H2O4S.19H/c;;;;;;;;;;;;;;;;;;;8*1-5(2,3)4;;;;;;;;;;;;;;;;;;;/h;;;;;;;;;;;;;;;;;;;8*(H2,1,2,3,4);;;;;;;;;;;;;;;;;;;. The summed E-state index contributed by atoms with van der Waals surface area (Å²) < 4.78 is 253. The molecule has 294 valence electrons. The minimum atomic E-state index is -4.67. The monoisotopic (exact) mass is 1240 g/mol. The van der Waals surface area contributed by atoms with Gasteiger partial charge in [-0.25, -0.2) is 0 Å². The van der Waals surface area contributed by atoms with Gasteiger partial charge in [0, 0.05) is 0 Å². The molecule has 0 aliphatic heterocycles. The molecular weight excluding hydrogens is 1210 g/mol. The molecule has 0 aliphatic carbocycles. The Morgan fingerprint density at radius 2 is 0.119 bits per heavy atom. The van der Waals surface area contributed by atoms with Crippen molar-refractivity contribution in [2.75, 3.05) is 0 Å². The zero-order valence-electron chi connectivity index (χ0n) is 17.0. The first-order chi connectivity index (χ1) is 16.0. The first kappa shape index (κ1) is 178. The summed E-state index contributed by atoms with van der Waals surface area (Å²) in [6, 6.07) is 0. The van der Waals surface area contributed by atoms with Crippen LogP contribution in [0.25, 0.3) is 0 Å². The zero-order chi connectivity index (χ0) is 36.0. The van der Waals surface area contributed by atoms with Crippen molar-refractivity contribution in [2.45, 2.75) is 0 Å². The summed E-state index contributed by atoms with van der Waals surface area (Å²) in [5.41, 5.74) is 0. The molecule has 32 nitrogen and oxygen atoms in total. The molecule has 0 heterocycles. The van der Waals surface area contributed by atoms with Crippen molar-refractivity contribution in [3.63, 3.8) is 0 Å². The maximum absolute atomic E-state index is 8.74. The van der Waals surface area contributed by atoms with Crippen molar-refractivity contribution in [3.05, 3.63) is 0 Å². The van der Waals surface area contributed by atoms with Crippen LogP contribution in [0.2, 0.25) is 0 Å². The van der Waals surface area contributed by atoms with Crippen molar-refractivity contribution in [1.29, 1.82) is 0 Å². The predicted octanol–water partition coefficient (Wildman–Crippen LogP) is -17.5. The van der Waals surface area contributed by atoms with Crippen molar-refractivity contribution in [1.82, 2.24) is 0 Å². The molecule has 0 aromatic carbocycles. The second-order valence-electron chi connectivity index (χ2n) is 3.58. The van der Waals surface area contributed by atoms with E-state index in [1.165, 1.54) is 0 Å². The molecule has 16 N–H and O–H groups in total. The summed E-state index contributed by atoms with van der Waals surface area (Å²) in [6.45, 7) is 0. The van der Waals surface area contributed by atoms with Crippen LogP contribution in [-0.2, 0) is 83.2 Å². The van der Waals surface area contributed by atoms with Gasteiger partial charge in [-0.1, -0.05) is 0 Å². The summed E-state index contributed by atoms with van der Waals surface area (Å²) in [7, 11) is -37.3. The van der Waals surface area contributed by atoms with Gasteiger partial charge in [-0.3, -0.25) is 72.8 Å². The third-order valence-electron chi connectivity index (χ3n) is 0. The Kier molecular flexibility index (Phi) is 296. The average molecular weight is 1240 g/mol. The Morgan fingerprint density at radius 3 is 0.119 bits per heavy atom. The maximum atomic E-state index is 8.74. The Labute approximate surface area is 762 Å². The fraction of sp³-hybridized carbons (Fsp3) is 0. The summed E-state index contributed by atoms with van der Waals surface area (Å²) >= 11 is 0. The summed E-state index contributed by atoms with van der Waals surface area (Å²) in [5, 5.41) is 0. The number of hydrogen-bond acceptors (Lipinski definition) is 16. The van der Waals surface area contributed by atoms with Gasteiger partial charge in [0.25, 0.3) is 0 Å². The van der Waals surface area contributed by atoms with E-state index in [0.717, 1.165) is 0 Å². The zero-order valence-corrected chi connectivity index (χ0v) is 23.5. The van der Waals surface area contributed by atoms with E-state index in [0.29, 0.717) is 0 Å². The second kappa shape index (κ2) is 98.1. The van der Waals surface area contributed by atoms with E-state index in [1.807, 2.05) is 0 Å². The van der Waals surface area contributed by atoms with Gasteiger partial charge < -0.3 is 0 Å². The molecule has 0 radical (unpaired) electrons. The van der Waals surface area contributed by atoms with Gasteiger partial charge in [0.05, 0.1) is 0 Å². The van der Waals surface area contributed by atoms with Crippen LogP contribution in [0, 0.1) is 0 Å². The Bertz CT molecular complexity index is 1110. The van der Waals surface area contributed by atoms with Gasteiger partial charge in [-0.15, -0.1) is 0 Å². The van der Waals surface area contributed by atoms with Crippen LogP contribution in [0.5, 0.6) is 0 Å². The minimum absolute atomic E-state index is 0. The molecular formula is H35Na19O32S8. The Morgan fingerprint density at radius 1 is 0.119 bits per heavy atom. The van der Waals surface area contributed by atoms with E-state index >= 15 is 0 Å². The first-order valence-electron chi connectivity index (χ1n) is 5.59. The van der Waals surface area contributed by atoms with E-state index in [1.54, 1.807) is 0 Å². The Balaban J connectivity index is -0.00000000759. The molecule has 0 fully saturated rings. The molecule has 0 rings (SSSR count). The quantitative estimate of drug-likeness (QED) is 0.0791. The van der Waals surface area contributed by atoms with Gasteiger partial charge in [0.15, 0.2) is 0 Å². The van der Waals surface area contributed by atoms with Crippen LogP contribution >= 0.6 is 0 Å². The molecule has 0 saturated carbocycles. The molecule has 0 atom stereocenters. The third kappa shape index (κ3) is 1290. The van der Waals surface area contributed by atoms with Gasteiger partial charge in [-0.2, -0.15) is 67.3 Å². The second-order valence-corrected chi connectivity index (χ2v) is 10.7. The molecule has 0 aliphatic rings. The summed E-state index contributed by atoms with van der Waals surface area (Å²) in [4.78, 5) is 0. The molecule has 0 bridgehead atoms. The average Bonchev–Trinajstić information content (AvgIpc) is 2.16. The van der Waals surface area contributed by atoms with E-state index in [-0.39, 0.29) is 562 Å². The molecule has 59 heteroatoms. The SMILES string of the molecule is O=S(=O)(O)O.O=S(=O)(O)O.O=S(=O)(O)O.O=S(=O)(O)O.O=S(=O)(O)O.O=S(=O)(O)O.O=S(=O)(O)O.O=S(=O)(O)O.[NaH].[NaH].[NaH].[NaH].[NaH].[NaH].[NaH].[NaH].[NaH].[NaH].[NaH].[NaH].[NaH].[NaH].[NaH].[NaH].[NaH].[NaH].[NaH]. The van der Waals surface area contributed by atoms with E-state index in [9.17, 15) is 0 Å². The first-order valence-corrected chi connectivity index (χ1v) is 16.8. The fourth-order valence-electron chi connectivity index (χ4n) is 0. The van der Waals surface area contributed by atoms with Crippen molar-refractivity contribution in [2.24, 2.45) is 0 Å². The molecule has 0 unspecified atom stereocenters. The molecule has 0 spiro atoms. The van der Waals surface area contributed by atoms with Crippen LogP contribution in [0.1, 0.15) is 0 Å². The van der Waals surface area contributed by atoms with Gasteiger partial charge in [-0.05, 0) is 0 Å². The van der Waals surface area contributed by atoms with Crippen LogP contribution in [-0.4, -0.2) is 702 Å². The number of rotatable bonds is 0. The molecule has 0 aromatic heterocycles. The van der Waals surface area contributed by atoms with Gasteiger partial charge in [0.2, 0.25) is 0 Å². The summed E-state index contributed by atoms with van der Waals surface area (Å²) in [6.07, 6.45) is 0. The van der Waals surface area contributed by atoms with E-state index in [2.05, 4.69) is 0 Å². The van der Waals surface area contributed by atoms with Crippen molar-refractivity contribution >= 4 is 645 Å². The normalized spacial score (nSPS) is 7.86.